The van der Waals surface area contributed by atoms with Crippen molar-refractivity contribution in [3.8, 4) is 22.8 Å². The molecule has 152 valence electrons. The Bertz CT molecular complexity index is 984. The molecule has 2 N–H and O–H groups in total. The Morgan fingerprint density at radius 3 is 2.86 bits per heavy atom. The lowest BCUT2D eigenvalue weighted by Crippen LogP contribution is -2.19. The van der Waals surface area contributed by atoms with E-state index in [0.717, 1.165) is 43.8 Å². The maximum atomic E-state index is 13.0. The van der Waals surface area contributed by atoms with Crippen molar-refractivity contribution in [2.24, 2.45) is 5.92 Å². The van der Waals surface area contributed by atoms with E-state index in [0.29, 0.717) is 23.1 Å². The van der Waals surface area contributed by atoms with Crippen LogP contribution in [0.15, 0.2) is 42.6 Å². The van der Waals surface area contributed by atoms with E-state index in [1.165, 1.54) is 6.07 Å². The summed E-state index contributed by atoms with van der Waals surface area (Å²) >= 11 is 0. The summed E-state index contributed by atoms with van der Waals surface area (Å²) in [4.78, 5) is 11.1. The van der Waals surface area contributed by atoms with Gasteiger partial charge in [-0.1, -0.05) is 12.1 Å². The molecule has 0 aliphatic carbocycles. The molecule has 6 nitrogen and oxygen atoms in total. The second-order valence-corrected chi connectivity index (χ2v) is 7.28. The van der Waals surface area contributed by atoms with E-state index in [9.17, 15) is 13.2 Å². The predicted octanol–water partition coefficient (Wildman–Crippen LogP) is 3.92. The lowest BCUT2D eigenvalue weighted by molar-refractivity contribution is -0.137. The normalized spacial score (nSPS) is 17.6. The second-order valence-electron chi connectivity index (χ2n) is 7.28. The van der Waals surface area contributed by atoms with Crippen molar-refractivity contribution in [3.63, 3.8) is 0 Å². The van der Waals surface area contributed by atoms with Gasteiger partial charge in [-0.3, -0.25) is 5.10 Å². The number of hydrogen-bond donors (Lipinski definition) is 2. The van der Waals surface area contributed by atoms with Gasteiger partial charge >= 0.3 is 6.18 Å². The summed E-state index contributed by atoms with van der Waals surface area (Å²) in [6.45, 7) is 2.92. The number of pyridine rings is 1. The molecule has 3 heterocycles. The molecule has 0 saturated carbocycles. The Morgan fingerprint density at radius 2 is 2.10 bits per heavy atom. The first-order valence-corrected chi connectivity index (χ1v) is 9.38. The highest BCUT2D eigenvalue weighted by molar-refractivity contribution is 5.71. The third-order valence-corrected chi connectivity index (χ3v) is 5.04. The first kappa shape index (κ1) is 19.4. The molecular formula is C20H21F3N6. The highest BCUT2D eigenvalue weighted by Crippen LogP contribution is 2.32. The van der Waals surface area contributed by atoms with Crippen molar-refractivity contribution in [2.75, 3.05) is 32.0 Å². The molecule has 0 bridgehead atoms. The number of rotatable bonds is 5. The zero-order valence-corrected chi connectivity index (χ0v) is 15.9. The quantitative estimate of drug-likeness (QED) is 0.677. The van der Waals surface area contributed by atoms with Crippen molar-refractivity contribution >= 4 is 5.82 Å². The molecule has 0 radical (unpaired) electrons. The average Bonchev–Trinajstić information content (AvgIpc) is 3.35. The van der Waals surface area contributed by atoms with Crippen LogP contribution in [0.5, 0.6) is 0 Å². The van der Waals surface area contributed by atoms with Gasteiger partial charge in [-0.05, 0) is 50.2 Å². The van der Waals surface area contributed by atoms with Crippen molar-refractivity contribution in [1.82, 2.24) is 25.1 Å². The van der Waals surface area contributed by atoms with Gasteiger partial charge in [0.2, 0.25) is 0 Å². The SMILES string of the molecule is CN1CCC(CNc2ncccc2-c2nc(-c3cccc(C(F)(F)F)c3)n[nH]2)C1. The standard InChI is InChI=1S/C20H21F3N6/c1-29-9-7-13(12-29)11-25-18-16(6-3-8-24-18)19-26-17(27-28-19)14-4-2-5-15(10-14)20(21,22)23/h2-6,8,10,13H,7,9,11-12H2,1H3,(H,24,25)(H,26,27,28). The molecule has 0 spiro atoms. The van der Waals surface area contributed by atoms with Gasteiger partial charge in [-0.15, -0.1) is 0 Å². The molecule has 1 unspecified atom stereocenters. The summed E-state index contributed by atoms with van der Waals surface area (Å²) in [5.74, 6) is 1.88. The highest BCUT2D eigenvalue weighted by atomic mass is 19.4. The maximum Gasteiger partial charge on any atom is 0.416 e. The number of halogens is 3. The van der Waals surface area contributed by atoms with Crippen LogP contribution in [-0.2, 0) is 6.18 Å². The van der Waals surface area contributed by atoms with Gasteiger partial charge in [0, 0.05) is 24.8 Å². The summed E-state index contributed by atoms with van der Waals surface area (Å²) in [5, 5.41) is 10.3. The summed E-state index contributed by atoms with van der Waals surface area (Å²) in [6.07, 6.45) is -1.59. The number of aromatic amines is 1. The number of anilines is 1. The van der Waals surface area contributed by atoms with E-state index in [1.54, 1.807) is 18.3 Å². The van der Waals surface area contributed by atoms with Crippen LogP contribution in [0, 0.1) is 5.92 Å². The van der Waals surface area contributed by atoms with E-state index in [2.05, 4.69) is 37.4 Å². The molecule has 1 fully saturated rings. The molecule has 9 heteroatoms. The van der Waals surface area contributed by atoms with E-state index >= 15 is 0 Å². The van der Waals surface area contributed by atoms with Crippen LogP contribution in [0.25, 0.3) is 22.8 Å². The van der Waals surface area contributed by atoms with Crippen LogP contribution in [0.4, 0.5) is 19.0 Å². The molecular weight excluding hydrogens is 381 g/mol. The Labute approximate surface area is 166 Å². The van der Waals surface area contributed by atoms with Crippen LogP contribution in [0.3, 0.4) is 0 Å². The number of hydrogen-bond acceptors (Lipinski definition) is 5. The van der Waals surface area contributed by atoms with Crippen LogP contribution in [0.1, 0.15) is 12.0 Å². The van der Waals surface area contributed by atoms with E-state index in [1.807, 2.05) is 6.07 Å². The molecule has 29 heavy (non-hydrogen) atoms. The molecule has 1 atom stereocenters. The minimum atomic E-state index is -4.41. The van der Waals surface area contributed by atoms with Crippen molar-refractivity contribution in [1.29, 1.82) is 0 Å². The van der Waals surface area contributed by atoms with Gasteiger partial charge in [0.05, 0.1) is 11.1 Å². The lowest BCUT2D eigenvalue weighted by Gasteiger charge is -2.13. The van der Waals surface area contributed by atoms with Crippen molar-refractivity contribution in [2.45, 2.75) is 12.6 Å². The first-order valence-electron chi connectivity index (χ1n) is 9.38. The monoisotopic (exact) mass is 402 g/mol. The predicted molar refractivity (Wildman–Crippen MR) is 104 cm³/mol. The highest BCUT2D eigenvalue weighted by Gasteiger charge is 2.30. The van der Waals surface area contributed by atoms with E-state index in [4.69, 9.17) is 0 Å². The Hall–Kier alpha value is -2.94. The smallest absolute Gasteiger partial charge is 0.369 e. The molecule has 4 rings (SSSR count). The number of benzene rings is 1. The minimum absolute atomic E-state index is 0.207. The first-order chi connectivity index (χ1) is 13.9. The van der Waals surface area contributed by atoms with Gasteiger partial charge in [-0.25, -0.2) is 9.97 Å². The van der Waals surface area contributed by atoms with Gasteiger partial charge < -0.3 is 10.2 Å². The second kappa shape index (κ2) is 7.82. The Kier molecular flexibility index (Phi) is 5.23. The van der Waals surface area contributed by atoms with Crippen LogP contribution < -0.4 is 5.32 Å². The third kappa shape index (κ3) is 4.40. The lowest BCUT2D eigenvalue weighted by atomic mass is 10.1. The number of nitrogens with one attached hydrogen (secondary N) is 2. The molecule has 1 aliphatic heterocycles. The Balaban J connectivity index is 1.56. The summed E-state index contributed by atoms with van der Waals surface area (Å²) in [5.41, 5.74) is 0.297. The number of nitrogens with zero attached hydrogens (tertiary/aromatic N) is 4. The van der Waals surface area contributed by atoms with Crippen LogP contribution in [-0.4, -0.2) is 51.7 Å². The number of H-pyrrole nitrogens is 1. The molecule has 0 amide bonds. The minimum Gasteiger partial charge on any atom is -0.369 e. The summed E-state index contributed by atoms with van der Waals surface area (Å²) < 4.78 is 38.9. The van der Waals surface area contributed by atoms with Crippen LogP contribution in [0.2, 0.25) is 0 Å². The Morgan fingerprint density at radius 1 is 1.24 bits per heavy atom. The maximum absolute atomic E-state index is 13.0. The average molecular weight is 402 g/mol. The zero-order chi connectivity index (χ0) is 20.4. The number of alkyl halides is 3. The van der Waals surface area contributed by atoms with E-state index < -0.39 is 11.7 Å². The molecule has 3 aromatic rings. The van der Waals surface area contributed by atoms with Gasteiger partial charge in [0.15, 0.2) is 11.6 Å². The number of likely N-dealkylation sites (tertiary alicyclic amines) is 1. The largest absolute Gasteiger partial charge is 0.416 e. The van der Waals surface area contributed by atoms with Gasteiger partial charge in [0.25, 0.3) is 0 Å². The van der Waals surface area contributed by atoms with E-state index in [-0.39, 0.29) is 5.82 Å². The molecule has 1 aliphatic rings. The van der Waals surface area contributed by atoms with Crippen LogP contribution >= 0.6 is 0 Å². The zero-order valence-electron chi connectivity index (χ0n) is 15.9. The van der Waals surface area contributed by atoms with Crippen molar-refractivity contribution in [3.05, 3.63) is 48.2 Å². The van der Waals surface area contributed by atoms with Crippen molar-refractivity contribution < 1.29 is 13.2 Å². The summed E-state index contributed by atoms with van der Waals surface area (Å²) in [7, 11) is 2.11. The fraction of sp³-hybridized carbons (Fsp3) is 0.350. The molecule has 1 saturated heterocycles. The van der Waals surface area contributed by atoms with Gasteiger partial charge in [-0.2, -0.15) is 18.3 Å². The molecule has 2 aromatic heterocycles. The summed E-state index contributed by atoms with van der Waals surface area (Å²) in [6, 6.07) is 8.63. The molecule has 1 aromatic carbocycles. The number of aromatic nitrogens is 4. The fourth-order valence-electron chi connectivity index (χ4n) is 3.52. The third-order valence-electron chi connectivity index (χ3n) is 5.04. The fourth-order valence-corrected chi connectivity index (χ4v) is 3.52. The topological polar surface area (TPSA) is 69.7 Å². The van der Waals surface area contributed by atoms with Gasteiger partial charge in [0.1, 0.15) is 5.82 Å².